The van der Waals surface area contributed by atoms with Crippen molar-refractivity contribution in [3.8, 4) is 0 Å². The molecule has 0 bridgehead atoms. The van der Waals surface area contributed by atoms with Crippen molar-refractivity contribution in [2.45, 2.75) is 23.8 Å². The van der Waals surface area contributed by atoms with Gasteiger partial charge in [0.25, 0.3) is 21.6 Å². The van der Waals surface area contributed by atoms with E-state index in [9.17, 15) is 23.3 Å². The van der Waals surface area contributed by atoms with Crippen molar-refractivity contribution in [3.05, 3.63) is 63.7 Å². The quantitative estimate of drug-likeness (QED) is 0.472. The summed E-state index contributed by atoms with van der Waals surface area (Å²) in [5.74, 6) is -0.796. The maximum atomic E-state index is 12.8. The molecule has 10 nitrogen and oxygen atoms in total. The molecule has 1 fully saturated rings. The van der Waals surface area contributed by atoms with Gasteiger partial charge in [-0.25, -0.2) is 13.1 Å². The van der Waals surface area contributed by atoms with Crippen molar-refractivity contribution < 1.29 is 22.9 Å². The van der Waals surface area contributed by atoms with Gasteiger partial charge in [-0.2, -0.15) is 0 Å². The summed E-state index contributed by atoms with van der Waals surface area (Å²) in [6.45, 7) is 3.91. The zero-order valence-electron chi connectivity index (χ0n) is 17.3. The van der Waals surface area contributed by atoms with E-state index >= 15 is 0 Å². The van der Waals surface area contributed by atoms with Crippen LogP contribution in [-0.4, -0.2) is 63.0 Å². The summed E-state index contributed by atoms with van der Waals surface area (Å²) in [5.41, 5.74) is 0.759. The predicted octanol–water partition coefficient (Wildman–Crippen LogP) is 1.77. The number of nitrogens with zero attached hydrogens (tertiary/aromatic N) is 2. The Morgan fingerprint density at radius 2 is 1.94 bits per heavy atom. The van der Waals surface area contributed by atoms with Gasteiger partial charge in [-0.05, 0) is 36.6 Å². The molecule has 2 aliphatic heterocycles. The van der Waals surface area contributed by atoms with Gasteiger partial charge in [0.1, 0.15) is 5.69 Å². The van der Waals surface area contributed by atoms with Crippen LogP contribution in [0.15, 0.2) is 47.4 Å². The Kier molecular flexibility index (Phi) is 6.40. The number of rotatable bonds is 7. The lowest BCUT2D eigenvalue weighted by Crippen LogP contribution is -2.38. The van der Waals surface area contributed by atoms with Gasteiger partial charge in [-0.15, -0.1) is 0 Å². The standard InChI is InChI=1S/C21H24N4O6S/c26-21(15-4-2-1-3-5-15)23-32(29,30)18-13-16-12-17(6-7-24-8-10-31-11-9-24)22-20(16)19(14-18)25(27)28/h1-5,13-14,17,22H,6-12H2,(H,23,26). The van der Waals surface area contributed by atoms with Crippen LogP contribution in [0.4, 0.5) is 11.4 Å². The number of nitrogens with one attached hydrogen (secondary N) is 2. The van der Waals surface area contributed by atoms with Crippen LogP contribution in [-0.2, 0) is 21.2 Å². The summed E-state index contributed by atoms with van der Waals surface area (Å²) in [7, 11) is -4.29. The highest BCUT2D eigenvalue weighted by Gasteiger charge is 2.32. The van der Waals surface area contributed by atoms with E-state index in [4.69, 9.17) is 4.74 Å². The summed E-state index contributed by atoms with van der Waals surface area (Å²) >= 11 is 0. The Bertz CT molecular complexity index is 1120. The second-order valence-electron chi connectivity index (χ2n) is 7.82. The molecule has 0 spiro atoms. The van der Waals surface area contributed by atoms with Crippen molar-refractivity contribution in [3.63, 3.8) is 0 Å². The van der Waals surface area contributed by atoms with Gasteiger partial charge in [0.05, 0.1) is 23.0 Å². The highest BCUT2D eigenvalue weighted by Crippen LogP contribution is 2.38. The molecule has 0 aliphatic carbocycles. The van der Waals surface area contributed by atoms with Crippen LogP contribution >= 0.6 is 0 Å². The molecule has 2 N–H and O–H groups in total. The molecule has 0 saturated carbocycles. The predicted molar refractivity (Wildman–Crippen MR) is 117 cm³/mol. The molecule has 170 valence electrons. The number of anilines is 1. The van der Waals surface area contributed by atoms with Crippen molar-refractivity contribution >= 4 is 27.3 Å². The minimum absolute atomic E-state index is 0.0385. The van der Waals surface area contributed by atoms with E-state index in [1.54, 1.807) is 18.2 Å². The molecule has 2 heterocycles. The van der Waals surface area contributed by atoms with Crippen molar-refractivity contribution in [1.29, 1.82) is 0 Å². The second kappa shape index (κ2) is 9.23. The van der Waals surface area contributed by atoms with Crippen LogP contribution in [0, 0.1) is 10.1 Å². The third-order valence-corrected chi connectivity index (χ3v) is 6.97. The molecule has 4 rings (SSSR count). The van der Waals surface area contributed by atoms with Gasteiger partial charge in [-0.3, -0.25) is 19.8 Å². The highest BCUT2D eigenvalue weighted by molar-refractivity contribution is 7.90. The number of benzene rings is 2. The van der Waals surface area contributed by atoms with E-state index in [-0.39, 0.29) is 22.2 Å². The lowest BCUT2D eigenvalue weighted by molar-refractivity contribution is -0.384. The Morgan fingerprint density at radius 3 is 2.62 bits per heavy atom. The Labute approximate surface area is 185 Å². The topological polar surface area (TPSA) is 131 Å². The molecular formula is C21H24N4O6S. The van der Waals surface area contributed by atoms with Gasteiger partial charge >= 0.3 is 0 Å². The third-order valence-electron chi connectivity index (χ3n) is 5.66. The Balaban J connectivity index is 1.52. The van der Waals surface area contributed by atoms with Crippen LogP contribution in [0.5, 0.6) is 0 Å². The van der Waals surface area contributed by atoms with Crippen molar-refractivity contribution in [2.24, 2.45) is 0 Å². The average Bonchev–Trinajstić information content (AvgIpc) is 3.21. The van der Waals surface area contributed by atoms with Crippen LogP contribution in [0.3, 0.4) is 0 Å². The fourth-order valence-electron chi connectivity index (χ4n) is 3.97. The number of ether oxygens (including phenoxy) is 1. The molecule has 32 heavy (non-hydrogen) atoms. The van der Waals surface area contributed by atoms with E-state index in [1.165, 1.54) is 18.2 Å². The molecule has 2 aromatic rings. The fraction of sp³-hybridized carbons (Fsp3) is 0.381. The molecule has 11 heteroatoms. The number of hydrogen-bond donors (Lipinski definition) is 2. The van der Waals surface area contributed by atoms with Crippen LogP contribution in [0.1, 0.15) is 22.3 Å². The molecule has 2 aromatic carbocycles. The second-order valence-corrected chi connectivity index (χ2v) is 9.50. The molecular weight excluding hydrogens is 436 g/mol. The number of nitro benzene ring substituents is 1. The number of carbonyl (C=O) groups is 1. The third kappa shape index (κ3) is 4.90. The van der Waals surface area contributed by atoms with E-state index in [0.717, 1.165) is 32.1 Å². The zero-order valence-corrected chi connectivity index (χ0v) is 18.1. The smallest absolute Gasteiger partial charge is 0.293 e. The number of amides is 1. The van der Waals surface area contributed by atoms with Gasteiger partial charge in [0, 0.05) is 37.3 Å². The normalized spacial score (nSPS) is 18.6. The number of morpholine rings is 1. The maximum Gasteiger partial charge on any atom is 0.293 e. The Hall–Kier alpha value is -3.02. The first-order chi connectivity index (χ1) is 15.3. The number of sulfonamides is 1. The maximum absolute atomic E-state index is 12.8. The van der Waals surface area contributed by atoms with Gasteiger partial charge in [0.15, 0.2) is 0 Å². The zero-order chi connectivity index (χ0) is 22.7. The number of nitro groups is 1. The van der Waals surface area contributed by atoms with Crippen LogP contribution < -0.4 is 10.0 Å². The summed E-state index contributed by atoms with van der Waals surface area (Å²) in [6.07, 6.45) is 1.23. The van der Waals surface area contributed by atoms with Crippen molar-refractivity contribution in [2.75, 3.05) is 38.2 Å². The molecule has 1 unspecified atom stereocenters. The van der Waals surface area contributed by atoms with E-state index < -0.39 is 20.9 Å². The van der Waals surface area contributed by atoms with Gasteiger partial charge in [0.2, 0.25) is 0 Å². The minimum atomic E-state index is -4.29. The average molecular weight is 461 g/mol. The summed E-state index contributed by atoms with van der Waals surface area (Å²) in [5, 5.41) is 14.8. The van der Waals surface area contributed by atoms with Crippen LogP contribution in [0.2, 0.25) is 0 Å². The molecule has 1 atom stereocenters. The first kappa shape index (κ1) is 22.2. The first-order valence-electron chi connectivity index (χ1n) is 10.3. The van der Waals surface area contributed by atoms with E-state index in [1.807, 2.05) is 4.72 Å². The van der Waals surface area contributed by atoms with Gasteiger partial charge < -0.3 is 10.1 Å². The summed E-state index contributed by atoms with van der Waals surface area (Å²) in [4.78, 5) is 25.3. The number of fused-ring (bicyclic) bond motifs is 1. The fourth-order valence-corrected chi connectivity index (χ4v) is 5.02. The Morgan fingerprint density at radius 1 is 1.22 bits per heavy atom. The molecule has 1 amide bonds. The minimum Gasteiger partial charge on any atom is -0.379 e. The van der Waals surface area contributed by atoms with Crippen LogP contribution in [0.25, 0.3) is 0 Å². The highest BCUT2D eigenvalue weighted by atomic mass is 32.2. The lowest BCUT2D eigenvalue weighted by atomic mass is 10.1. The SMILES string of the molecule is O=C(NS(=O)(=O)c1cc2c(c([N+](=O)[O-])c1)NC(CCN1CCOCC1)C2)c1ccccc1. The lowest BCUT2D eigenvalue weighted by Gasteiger charge is -2.27. The number of hydrogen-bond acceptors (Lipinski definition) is 8. The van der Waals surface area contributed by atoms with Crippen molar-refractivity contribution in [1.82, 2.24) is 9.62 Å². The number of carbonyl (C=O) groups excluding carboxylic acids is 1. The molecule has 2 aliphatic rings. The van der Waals surface area contributed by atoms with E-state index in [2.05, 4.69) is 10.2 Å². The molecule has 0 radical (unpaired) electrons. The first-order valence-corrected chi connectivity index (χ1v) is 11.8. The van der Waals surface area contributed by atoms with E-state index in [0.29, 0.717) is 30.9 Å². The summed E-state index contributed by atoms with van der Waals surface area (Å²) in [6, 6.07) is 10.3. The largest absolute Gasteiger partial charge is 0.379 e. The molecule has 0 aromatic heterocycles. The van der Waals surface area contributed by atoms with Gasteiger partial charge in [-0.1, -0.05) is 18.2 Å². The monoisotopic (exact) mass is 460 g/mol. The molecule has 1 saturated heterocycles. The summed E-state index contributed by atoms with van der Waals surface area (Å²) < 4.78 is 33.0.